The lowest BCUT2D eigenvalue weighted by Crippen LogP contribution is -2.12. The van der Waals surface area contributed by atoms with Gasteiger partial charge >= 0.3 is 0 Å². The molecule has 1 amide bonds. The van der Waals surface area contributed by atoms with Crippen molar-refractivity contribution < 1.29 is 18.7 Å². The largest absolute Gasteiger partial charge is 0.497 e. The van der Waals surface area contributed by atoms with Crippen LogP contribution in [-0.4, -0.2) is 22.8 Å². The minimum absolute atomic E-state index is 0.123. The average molecular weight is 472 g/mol. The predicted octanol–water partition coefficient (Wildman–Crippen LogP) is 5.67. The molecule has 4 aromatic rings. The van der Waals surface area contributed by atoms with Crippen molar-refractivity contribution in [1.29, 1.82) is 0 Å². The molecule has 9 heteroatoms. The molecule has 0 atom stereocenters. The molecular weight excluding hydrogens is 453 g/mol. The van der Waals surface area contributed by atoms with Crippen molar-refractivity contribution in [2.75, 3.05) is 12.4 Å². The first-order valence-electron chi connectivity index (χ1n) is 9.64. The molecule has 0 saturated carbocycles. The van der Waals surface area contributed by atoms with Gasteiger partial charge in [-0.2, -0.15) is 5.10 Å². The summed E-state index contributed by atoms with van der Waals surface area (Å²) in [6.07, 6.45) is 1.64. The maximum Gasteiger partial charge on any atom is 0.292 e. The molecule has 0 unspecified atom stereocenters. The van der Waals surface area contributed by atoms with Crippen LogP contribution >= 0.6 is 23.2 Å². The number of halogens is 2. The van der Waals surface area contributed by atoms with Gasteiger partial charge in [-0.15, -0.1) is 0 Å². The molecular formula is C23H19Cl2N3O4. The van der Waals surface area contributed by atoms with Crippen LogP contribution < -0.4 is 14.8 Å². The number of furan rings is 1. The average Bonchev–Trinajstić information content (AvgIpc) is 3.41. The van der Waals surface area contributed by atoms with Gasteiger partial charge in [-0.05, 0) is 42.0 Å². The Morgan fingerprint density at radius 2 is 1.88 bits per heavy atom. The summed E-state index contributed by atoms with van der Waals surface area (Å²) in [6.45, 7) is 0.649. The Balaban J connectivity index is 1.36. The molecule has 0 aliphatic heterocycles. The Morgan fingerprint density at radius 1 is 1.09 bits per heavy atom. The number of nitrogens with one attached hydrogen (secondary N) is 1. The van der Waals surface area contributed by atoms with Crippen LogP contribution in [0.2, 0.25) is 10.0 Å². The van der Waals surface area contributed by atoms with Gasteiger partial charge in [-0.1, -0.05) is 41.4 Å². The first-order chi connectivity index (χ1) is 15.5. The van der Waals surface area contributed by atoms with Crippen molar-refractivity contribution in [2.24, 2.45) is 0 Å². The Bertz CT molecular complexity index is 1220. The van der Waals surface area contributed by atoms with Gasteiger partial charge in [0.25, 0.3) is 5.91 Å². The van der Waals surface area contributed by atoms with Crippen LogP contribution in [0, 0.1) is 0 Å². The summed E-state index contributed by atoms with van der Waals surface area (Å²) in [6, 6.07) is 17.9. The number of rotatable bonds is 8. The first kappa shape index (κ1) is 21.8. The van der Waals surface area contributed by atoms with E-state index in [0.29, 0.717) is 33.8 Å². The Hall–Kier alpha value is -3.42. The quantitative estimate of drug-likeness (QED) is 0.358. The van der Waals surface area contributed by atoms with Crippen molar-refractivity contribution in [2.45, 2.75) is 13.2 Å². The third kappa shape index (κ3) is 5.43. The number of benzene rings is 2. The Morgan fingerprint density at radius 3 is 2.66 bits per heavy atom. The molecule has 0 bridgehead atoms. The molecule has 2 heterocycles. The van der Waals surface area contributed by atoms with E-state index in [-0.39, 0.29) is 18.2 Å². The van der Waals surface area contributed by atoms with Crippen molar-refractivity contribution in [3.05, 3.63) is 94.0 Å². The monoisotopic (exact) mass is 471 g/mol. The summed E-state index contributed by atoms with van der Waals surface area (Å²) >= 11 is 12.1. The number of aromatic nitrogens is 2. The summed E-state index contributed by atoms with van der Waals surface area (Å²) in [5, 5.41) is 7.98. The molecule has 164 valence electrons. The normalized spacial score (nSPS) is 10.7. The predicted molar refractivity (Wildman–Crippen MR) is 122 cm³/mol. The molecule has 2 aromatic carbocycles. The highest BCUT2D eigenvalue weighted by Crippen LogP contribution is 2.23. The second kappa shape index (κ2) is 9.80. The summed E-state index contributed by atoms with van der Waals surface area (Å²) in [4.78, 5) is 12.6. The Labute approximate surface area is 194 Å². The van der Waals surface area contributed by atoms with E-state index in [1.54, 1.807) is 54.4 Å². The fourth-order valence-electron chi connectivity index (χ4n) is 2.93. The maximum absolute atomic E-state index is 12.6. The van der Waals surface area contributed by atoms with E-state index in [4.69, 9.17) is 37.1 Å². The second-order valence-electron chi connectivity index (χ2n) is 6.84. The third-order valence-corrected chi connectivity index (χ3v) is 5.04. The number of nitrogens with zero attached hydrogens (tertiary/aromatic N) is 2. The number of anilines is 1. The summed E-state index contributed by atoms with van der Waals surface area (Å²) in [7, 11) is 1.59. The number of ether oxygens (including phenoxy) is 2. The molecule has 4 rings (SSSR count). The Kier molecular flexibility index (Phi) is 6.68. The summed E-state index contributed by atoms with van der Waals surface area (Å²) in [5.74, 6) is 1.72. The summed E-state index contributed by atoms with van der Waals surface area (Å²) in [5.41, 5.74) is 0.998. The number of methoxy groups -OCH3 is 1. The lowest BCUT2D eigenvalue weighted by molar-refractivity contribution is 0.0992. The standard InChI is InChI=1S/C23H19Cl2N3O4/c1-30-17-3-2-4-18(11-17)31-14-19-9-10-21(32-19)23(29)26-22-20(25)13-28(27-22)12-15-5-7-16(24)8-6-15/h2-11,13H,12,14H2,1H3,(H,26,27,29). The molecule has 0 aliphatic carbocycles. The van der Waals surface area contributed by atoms with Gasteiger partial charge in [0.2, 0.25) is 0 Å². The van der Waals surface area contributed by atoms with Crippen LogP contribution in [0.15, 0.2) is 71.3 Å². The van der Waals surface area contributed by atoms with Crippen LogP contribution in [0.3, 0.4) is 0 Å². The third-order valence-electron chi connectivity index (χ3n) is 4.51. The zero-order valence-corrected chi connectivity index (χ0v) is 18.6. The number of carbonyl (C=O) groups is 1. The fraction of sp³-hybridized carbons (Fsp3) is 0.130. The van der Waals surface area contributed by atoms with Crippen molar-refractivity contribution in [3.8, 4) is 11.5 Å². The summed E-state index contributed by atoms with van der Waals surface area (Å²) < 4.78 is 18.1. The molecule has 0 radical (unpaired) electrons. The van der Waals surface area contributed by atoms with Crippen molar-refractivity contribution in [1.82, 2.24) is 9.78 Å². The van der Waals surface area contributed by atoms with Gasteiger partial charge in [0.1, 0.15) is 28.9 Å². The van der Waals surface area contributed by atoms with Gasteiger partial charge in [0.15, 0.2) is 11.6 Å². The lowest BCUT2D eigenvalue weighted by Gasteiger charge is -2.06. The van der Waals surface area contributed by atoms with E-state index in [1.807, 2.05) is 24.3 Å². The van der Waals surface area contributed by atoms with E-state index < -0.39 is 5.91 Å². The van der Waals surface area contributed by atoms with E-state index in [0.717, 1.165) is 5.56 Å². The van der Waals surface area contributed by atoms with Gasteiger partial charge < -0.3 is 19.2 Å². The van der Waals surface area contributed by atoms with Gasteiger partial charge in [0.05, 0.1) is 13.7 Å². The number of hydrogen-bond donors (Lipinski definition) is 1. The first-order valence-corrected chi connectivity index (χ1v) is 10.4. The SMILES string of the molecule is COc1cccc(OCc2ccc(C(=O)Nc3nn(Cc4ccc(Cl)cc4)cc3Cl)o2)c1. The van der Waals surface area contributed by atoms with Crippen LogP contribution in [-0.2, 0) is 13.2 Å². The van der Waals surface area contributed by atoms with Crippen molar-refractivity contribution in [3.63, 3.8) is 0 Å². The van der Waals surface area contributed by atoms with E-state index >= 15 is 0 Å². The minimum atomic E-state index is -0.462. The molecule has 1 N–H and O–H groups in total. The molecule has 0 fully saturated rings. The van der Waals surface area contributed by atoms with Crippen LogP contribution in [0.1, 0.15) is 21.9 Å². The fourth-order valence-corrected chi connectivity index (χ4v) is 3.26. The van der Waals surface area contributed by atoms with Gasteiger partial charge in [0, 0.05) is 17.3 Å². The number of hydrogen-bond acceptors (Lipinski definition) is 5. The maximum atomic E-state index is 12.6. The second-order valence-corrected chi connectivity index (χ2v) is 7.68. The molecule has 0 spiro atoms. The van der Waals surface area contributed by atoms with Crippen LogP contribution in [0.5, 0.6) is 11.5 Å². The lowest BCUT2D eigenvalue weighted by atomic mass is 10.2. The zero-order chi connectivity index (χ0) is 22.5. The molecule has 0 aliphatic rings. The van der Waals surface area contributed by atoms with Crippen LogP contribution in [0.4, 0.5) is 5.82 Å². The van der Waals surface area contributed by atoms with Crippen molar-refractivity contribution >= 4 is 34.9 Å². The smallest absolute Gasteiger partial charge is 0.292 e. The van der Waals surface area contributed by atoms with Crippen LogP contribution in [0.25, 0.3) is 0 Å². The molecule has 2 aromatic heterocycles. The highest BCUT2D eigenvalue weighted by molar-refractivity contribution is 6.33. The van der Waals surface area contributed by atoms with E-state index in [2.05, 4.69) is 10.4 Å². The highest BCUT2D eigenvalue weighted by Gasteiger charge is 2.16. The van der Waals surface area contributed by atoms with E-state index in [9.17, 15) is 4.79 Å². The highest BCUT2D eigenvalue weighted by atomic mass is 35.5. The topological polar surface area (TPSA) is 78.5 Å². The van der Waals surface area contributed by atoms with E-state index in [1.165, 1.54) is 0 Å². The molecule has 7 nitrogen and oxygen atoms in total. The molecule has 0 saturated heterocycles. The molecule has 32 heavy (non-hydrogen) atoms. The minimum Gasteiger partial charge on any atom is -0.497 e. The van der Waals surface area contributed by atoms with Gasteiger partial charge in [-0.3, -0.25) is 9.48 Å². The zero-order valence-electron chi connectivity index (χ0n) is 17.0. The number of carbonyl (C=O) groups excluding carboxylic acids is 1. The van der Waals surface area contributed by atoms with Gasteiger partial charge in [-0.25, -0.2) is 0 Å². The number of amides is 1.